The summed E-state index contributed by atoms with van der Waals surface area (Å²) in [5.74, 6) is -1.07. The maximum absolute atomic E-state index is 12.7. The van der Waals surface area contributed by atoms with Crippen molar-refractivity contribution >= 4 is 16.0 Å². The van der Waals surface area contributed by atoms with Crippen LogP contribution in [-0.4, -0.2) is 36.4 Å². The monoisotopic (exact) mass is 297 g/mol. The van der Waals surface area contributed by atoms with Crippen LogP contribution in [0.3, 0.4) is 0 Å². The number of benzene rings is 1. The van der Waals surface area contributed by atoms with Gasteiger partial charge in [0, 0.05) is 6.54 Å². The van der Waals surface area contributed by atoms with E-state index >= 15 is 0 Å². The number of aryl methyl sites for hydroxylation is 2. The third-order valence-corrected chi connectivity index (χ3v) is 5.43. The van der Waals surface area contributed by atoms with Gasteiger partial charge in [-0.25, -0.2) is 8.42 Å². The van der Waals surface area contributed by atoms with Crippen molar-refractivity contribution in [3.63, 3.8) is 0 Å². The van der Waals surface area contributed by atoms with E-state index in [1.54, 1.807) is 12.1 Å². The Morgan fingerprint density at radius 3 is 2.35 bits per heavy atom. The van der Waals surface area contributed by atoms with E-state index in [1.165, 1.54) is 0 Å². The molecule has 2 rings (SSSR count). The summed E-state index contributed by atoms with van der Waals surface area (Å²) in [7, 11) is -3.75. The van der Waals surface area contributed by atoms with Gasteiger partial charge in [-0.3, -0.25) is 4.79 Å². The number of sulfonamides is 1. The fourth-order valence-corrected chi connectivity index (χ4v) is 4.50. The van der Waals surface area contributed by atoms with Crippen LogP contribution in [0.25, 0.3) is 0 Å². The molecule has 20 heavy (non-hydrogen) atoms. The van der Waals surface area contributed by atoms with Crippen LogP contribution in [0.4, 0.5) is 0 Å². The molecule has 1 N–H and O–H groups in total. The molecular weight excluding hydrogens is 278 g/mol. The summed E-state index contributed by atoms with van der Waals surface area (Å²) in [5, 5.41) is 9.22. The average molecular weight is 297 g/mol. The molecule has 1 aliphatic rings. The number of nitrogens with zero attached hydrogens (tertiary/aromatic N) is 1. The molecule has 0 amide bonds. The highest BCUT2D eigenvalue weighted by Crippen LogP contribution is 2.26. The van der Waals surface area contributed by atoms with Gasteiger partial charge in [0.25, 0.3) is 0 Å². The Kier molecular flexibility index (Phi) is 4.15. The molecular formula is C14H19NO4S. The van der Waals surface area contributed by atoms with E-state index in [9.17, 15) is 18.3 Å². The van der Waals surface area contributed by atoms with Gasteiger partial charge in [-0.15, -0.1) is 0 Å². The van der Waals surface area contributed by atoms with E-state index in [1.807, 2.05) is 19.9 Å². The summed E-state index contributed by atoms with van der Waals surface area (Å²) in [6.07, 6.45) is 1.82. The highest BCUT2D eigenvalue weighted by Gasteiger charge is 2.37. The Morgan fingerprint density at radius 1 is 1.20 bits per heavy atom. The minimum atomic E-state index is -3.75. The van der Waals surface area contributed by atoms with Crippen LogP contribution in [0.5, 0.6) is 0 Å². The molecule has 0 saturated carbocycles. The Balaban J connectivity index is 2.44. The predicted molar refractivity (Wildman–Crippen MR) is 75.1 cm³/mol. The zero-order valence-electron chi connectivity index (χ0n) is 11.7. The Labute approximate surface area is 119 Å². The first kappa shape index (κ1) is 15.0. The van der Waals surface area contributed by atoms with Crippen LogP contribution in [0.15, 0.2) is 23.1 Å². The third-order valence-electron chi connectivity index (χ3n) is 3.54. The van der Waals surface area contributed by atoms with Crippen molar-refractivity contribution in [2.24, 2.45) is 0 Å². The summed E-state index contributed by atoms with van der Waals surface area (Å²) in [5.41, 5.74) is 1.71. The van der Waals surface area contributed by atoms with Gasteiger partial charge in [0.05, 0.1) is 4.90 Å². The van der Waals surface area contributed by atoms with Crippen molar-refractivity contribution in [3.05, 3.63) is 29.3 Å². The van der Waals surface area contributed by atoms with Gasteiger partial charge in [0.1, 0.15) is 6.04 Å². The maximum atomic E-state index is 12.7. The zero-order chi connectivity index (χ0) is 14.9. The van der Waals surface area contributed by atoms with E-state index < -0.39 is 22.0 Å². The molecule has 0 aliphatic carbocycles. The minimum Gasteiger partial charge on any atom is -0.480 e. The van der Waals surface area contributed by atoms with Gasteiger partial charge in [-0.05, 0) is 56.4 Å². The minimum absolute atomic E-state index is 0.183. The molecule has 1 unspecified atom stereocenters. The van der Waals surface area contributed by atoms with Crippen LogP contribution < -0.4 is 0 Å². The second-order valence-corrected chi connectivity index (χ2v) is 7.18. The molecule has 1 saturated heterocycles. The van der Waals surface area contributed by atoms with E-state index in [-0.39, 0.29) is 11.4 Å². The molecule has 0 bridgehead atoms. The van der Waals surface area contributed by atoms with Gasteiger partial charge < -0.3 is 5.11 Å². The number of rotatable bonds is 3. The summed E-state index contributed by atoms with van der Waals surface area (Å²) in [6, 6.07) is 4.13. The molecule has 6 heteroatoms. The van der Waals surface area contributed by atoms with E-state index in [2.05, 4.69) is 0 Å². The molecule has 0 radical (unpaired) electrons. The number of hydrogen-bond acceptors (Lipinski definition) is 3. The lowest BCUT2D eigenvalue weighted by Gasteiger charge is -2.32. The lowest BCUT2D eigenvalue weighted by atomic mass is 10.1. The fourth-order valence-electron chi connectivity index (χ4n) is 2.66. The number of piperidine rings is 1. The second-order valence-electron chi connectivity index (χ2n) is 5.29. The van der Waals surface area contributed by atoms with Gasteiger partial charge in [0.15, 0.2) is 0 Å². The number of carboxylic acids is 1. The Hall–Kier alpha value is -1.40. The molecule has 1 fully saturated rings. The van der Waals surface area contributed by atoms with Crippen molar-refractivity contribution < 1.29 is 18.3 Å². The first-order valence-electron chi connectivity index (χ1n) is 6.65. The summed E-state index contributed by atoms with van der Waals surface area (Å²) in [6.45, 7) is 3.93. The van der Waals surface area contributed by atoms with E-state index in [0.717, 1.165) is 21.9 Å². The van der Waals surface area contributed by atoms with Gasteiger partial charge in [0.2, 0.25) is 10.0 Å². The highest BCUT2D eigenvalue weighted by molar-refractivity contribution is 7.89. The second kappa shape index (κ2) is 5.54. The molecule has 1 atom stereocenters. The molecule has 0 spiro atoms. The predicted octanol–water partition coefficient (Wildman–Crippen LogP) is 1.93. The van der Waals surface area contributed by atoms with Crippen LogP contribution in [0.1, 0.15) is 30.4 Å². The first-order valence-corrected chi connectivity index (χ1v) is 8.09. The molecule has 0 aromatic heterocycles. The number of aliphatic carboxylic acids is 1. The first-order chi connectivity index (χ1) is 9.32. The number of carbonyl (C=O) groups is 1. The molecule has 1 aliphatic heterocycles. The van der Waals surface area contributed by atoms with Crippen LogP contribution in [0, 0.1) is 13.8 Å². The smallest absolute Gasteiger partial charge is 0.322 e. The van der Waals surface area contributed by atoms with Crippen LogP contribution >= 0.6 is 0 Å². The average Bonchev–Trinajstić information content (AvgIpc) is 2.37. The Morgan fingerprint density at radius 2 is 1.80 bits per heavy atom. The Bertz CT molecular complexity index is 604. The zero-order valence-corrected chi connectivity index (χ0v) is 12.5. The number of carboxylic acid groups (broad SMARTS) is 1. The highest BCUT2D eigenvalue weighted by atomic mass is 32.2. The quantitative estimate of drug-likeness (QED) is 0.925. The largest absolute Gasteiger partial charge is 0.480 e. The van der Waals surface area contributed by atoms with Crippen LogP contribution in [-0.2, 0) is 14.8 Å². The molecule has 110 valence electrons. The summed E-state index contributed by atoms with van der Waals surface area (Å²) < 4.78 is 26.5. The molecule has 1 heterocycles. The maximum Gasteiger partial charge on any atom is 0.322 e. The topological polar surface area (TPSA) is 74.7 Å². The van der Waals surface area contributed by atoms with Crippen molar-refractivity contribution in [1.29, 1.82) is 0 Å². The SMILES string of the molecule is Cc1cc(C)cc(S(=O)(=O)N2CCCCC2C(=O)O)c1. The summed E-state index contributed by atoms with van der Waals surface area (Å²) >= 11 is 0. The van der Waals surface area contributed by atoms with Gasteiger partial charge in [-0.2, -0.15) is 4.31 Å². The standard InChI is InChI=1S/C14H19NO4S/c1-10-7-11(2)9-12(8-10)20(18,19)15-6-4-3-5-13(15)14(16)17/h7-9,13H,3-6H2,1-2H3,(H,16,17). The normalized spacial score (nSPS) is 20.8. The molecule has 1 aromatic carbocycles. The fraction of sp³-hybridized carbons (Fsp3) is 0.500. The molecule has 1 aromatic rings. The van der Waals surface area contributed by atoms with Gasteiger partial charge in [-0.1, -0.05) is 6.07 Å². The summed E-state index contributed by atoms with van der Waals surface area (Å²) in [4.78, 5) is 11.5. The number of hydrogen-bond donors (Lipinski definition) is 1. The lowest BCUT2D eigenvalue weighted by Crippen LogP contribution is -2.47. The van der Waals surface area contributed by atoms with E-state index in [4.69, 9.17) is 0 Å². The van der Waals surface area contributed by atoms with Crippen LogP contribution in [0.2, 0.25) is 0 Å². The van der Waals surface area contributed by atoms with Crippen molar-refractivity contribution in [2.45, 2.75) is 44.0 Å². The van der Waals surface area contributed by atoms with Crippen molar-refractivity contribution in [3.8, 4) is 0 Å². The van der Waals surface area contributed by atoms with Crippen molar-refractivity contribution in [2.75, 3.05) is 6.54 Å². The third kappa shape index (κ3) is 2.86. The van der Waals surface area contributed by atoms with Crippen molar-refractivity contribution in [1.82, 2.24) is 4.31 Å². The van der Waals surface area contributed by atoms with E-state index in [0.29, 0.717) is 12.8 Å². The molecule has 5 nitrogen and oxygen atoms in total. The lowest BCUT2D eigenvalue weighted by molar-refractivity contribution is -0.142. The van der Waals surface area contributed by atoms with Gasteiger partial charge >= 0.3 is 5.97 Å².